The molecule has 2 atom stereocenters. The van der Waals surface area contributed by atoms with Crippen molar-refractivity contribution in [2.45, 2.75) is 64.5 Å². The quantitative estimate of drug-likeness (QED) is 0.845. The van der Waals surface area contributed by atoms with Crippen molar-refractivity contribution in [3.05, 3.63) is 21.9 Å². The summed E-state index contributed by atoms with van der Waals surface area (Å²) < 4.78 is 0. The Balaban J connectivity index is 2.05. The number of hydrogen-bond acceptors (Lipinski definition) is 3. The summed E-state index contributed by atoms with van der Waals surface area (Å²) >= 11 is 1.91. The van der Waals surface area contributed by atoms with E-state index in [0.29, 0.717) is 6.04 Å². The lowest BCUT2D eigenvalue weighted by molar-refractivity contribution is 0.163. The highest BCUT2D eigenvalue weighted by Gasteiger charge is 2.26. The molecule has 114 valence electrons. The van der Waals surface area contributed by atoms with E-state index in [1.165, 1.54) is 48.4 Å². The largest absolute Gasteiger partial charge is 0.326 e. The molecule has 20 heavy (non-hydrogen) atoms. The van der Waals surface area contributed by atoms with Crippen LogP contribution in [-0.4, -0.2) is 24.5 Å². The standard InChI is InChI=1S/C17H30N2S/c1-4-15(18)17(16-11-10-13(2)20-16)19(3)12-14-8-6-5-7-9-14/h10-11,14-15,17H,4-9,12,18H2,1-3H3. The maximum Gasteiger partial charge on any atom is 0.0591 e. The van der Waals surface area contributed by atoms with Gasteiger partial charge in [-0.05, 0) is 51.3 Å². The first-order chi connectivity index (χ1) is 9.61. The molecule has 1 aliphatic rings. The molecule has 1 aromatic rings. The maximum atomic E-state index is 6.43. The Kier molecular flexibility index (Phi) is 6.06. The van der Waals surface area contributed by atoms with Crippen LogP contribution < -0.4 is 5.73 Å². The van der Waals surface area contributed by atoms with Gasteiger partial charge in [0.25, 0.3) is 0 Å². The molecule has 0 aromatic carbocycles. The lowest BCUT2D eigenvalue weighted by atomic mass is 9.88. The highest BCUT2D eigenvalue weighted by atomic mass is 32.1. The molecule has 1 heterocycles. The third-order valence-corrected chi connectivity index (χ3v) is 5.75. The smallest absolute Gasteiger partial charge is 0.0591 e. The van der Waals surface area contributed by atoms with Crippen LogP contribution in [0.2, 0.25) is 0 Å². The Hall–Kier alpha value is -0.380. The van der Waals surface area contributed by atoms with Crippen LogP contribution in [0.4, 0.5) is 0 Å². The summed E-state index contributed by atoms with van der Waals surface area (Å²) in [6.07, 6.45) is 8.12. The number of nitrogens with zero attached hydrogens (tertiary/aromatic N) is 1. The van der Waals surface area contributed by atoms with Gasteiger partial charge in [0, 0.05) is 22.3 Å². The molecule has 3 heteroatoms. The summed E-state index contributed by atoms with van der Waals surface area (Å²) in [7, 11) is 2.27. The Morgan fingerprint density at radius 2 is 2.00 bits per heavy atom. The maximum absolute atomic E-state index is 6.43. The molecular weight excluding hydrogens is 264 g/mol. The highest BCUT2D eigenvalue weighted by molar-refractivity contribution is 7.12. The van der Waals surface area contributed by atoms with E-state index in [0.717, 1.165) is 12.3 Å². The molecule has 2 N–H and O–H groups in total. The zero-order valence-corrected chi connectivity index (χ0v) is 14.1. The van der Waals surface area contributed by atoms with Gasteiger partial charge in [0.15, 0.2) is 0 Å². The number of thiophene rings is 1. The number of aryl methyl sites for hydroxylation is 1. The van der Waals surface area contributed by atoms with E-state index in [9.17, 15) is 0 Å². The Bertz CT molecular complexity index is 395. The second-order valence-corrected chi connectivity index (χ2v) is 7.73. The minimum Gasteiger partial charge on any atom is -0.326 e. The summed E-state index contributed by atoms with van der Waals surface area (Å²) in [6, 6.07) is 5.13. The van der Waals surface area contributed by atoms with Crippen LogP contribution in [0, 0.1) is 12.8 Å². The van der Waals surface area contributed by atoms with E-state index in [2.05, 4.69) is 37.9 Å². The van der Waals surface area contributed by atoms with E-state index in [4.69, 9.17) is 5.73 Å². The first kappa shape index (κ1) is 16.0. The van der Waals surface area contributed by atoms with E-state index >= 15 is 0 Å². The Morgan fingerprint density at radius 3 is 2.55 bits per heavy atom. The third-order valence-electron chi connectivity index (χ3n) is 4.68. The molecule has 2 rings (SSSR count). The second-order valence-electron chi connectivity index (χ2n) is 6.41. The average molecular weight is 295 g/mol. The van der Waals surface area contributed by atoms with Crippen molar-refractivity contribution in [2.24, 2.45) is 11.7 Å². The van der Waals surface area contributed by atoms with Gasteiger partial charge in [-0.15, -0.1) is 11.3 Å². The summed E-state index contributed by atoms with van der Waals surface area (Å²) in [5.74, 6) is 0.876. The molecule has 0 amide bonds. The van der Waals surface area contributed by atoms with Crippen LogP contribution in [0.25, 0.3) is 0 Å². The number of likely N-dealkylation sites (N-methyl/N-ethyl adjacent to an activating group) is 1. The van der Waals surface area contributed by atoms with Gasteiger partial charge < -0.3 is 5.73 Å². The fourth-order valence-corrected chi connectivity index (χ4v) is 4.60. The minimum absolute atomic E-state index is 0.238. The molecule has 0 bridgehead atoms. The first-order valence-electron chi connectivity index (χ1n) is 8.14. The molecule has 0 spiro atoms. The van der Waals surface area contributed by atoms with Crippen molar-refractivity contribution in [2.75, 3.05) is 13.6 Å². The first-order valence-corrected chi connectivity index (χ1v) is 8.95. The molecule has 1 aromatic heterocycles. The highest BCUT2D eigenvalue weighted by Crippen LogP contribution is 2.32. The minimum atomic E-state index is 0.238. The van der Waals surface area contributed by atoms with Crippen LogP contribution >= 0.6 is 11.3 Å². The number of hydrogen-bond donors (Lipinski definition) is 1. The van der Waals surface area contributed by atoms with Crippen molar-refractivity contribution < 1.29 is 0 Å². The Labute approximate surface area is 128 Å². The zero-order valence-electron chi connectivity index (χ0n) is 13.3. The van der Waals surface area contributed by atoms with Crippen LogP contribution in [0.15, 0.2) is 12.1 Å². The normalized spacial score (nSPS) is 20.2. The van der Waals surface area contributed by atoms with Crippen molar-refractivity contribution in [1.29, 1.82) is 0 Å². The summed E-state index contributed by atoms with van der Waals surface area (Å²) in [5, 5.41) is 0. The van der Waals surface area contributed by atoms with Gasteiger partial charge in [0.05, 0.1) is 6.04 Å². The summed E-state index contributed by atoms with van der Waals surface area (Å²) in [4.78, 5) is 5.35. The molecule has 1 fully saturated rings. The molecule has 0 saturated heterocycles. The van der Waals surface area contributed by atoms with Crippen molar-refractivity contribution in [1.82, 2.24) is 4.90 Å². The molecule has 1 aliphatic carbocycles. The van der Waals surface area contributed by atoms with Crippen molar-refractivity contribution in [3.63, 3.8) is 0 Å². The topological polar surface area (TPSA) is 29.3 Å². The van der Waals surface area contributed by atoms with Gasteiger partial charge in [-0.1, -0.05) is 26.2 Å². The van der Waals surface area contributed by atoms with Crippen LogP contribution in [0.3, 0.4) is 0 Å². The lowest BCUT2D eigenvalue weighted by Gasteiger charge is -2.35. The van der Waals surface area contributed by atoms with Crippen LogP contribution in [0.1, 0.15) is 61.2 Å². The van der Waals surface area contributed by atoms with Gasteiger partial charge in [0.1, 0.15) is 0 Å². The molecule has 2 unspecified atom stereocenters. The SMILES string of the molecule is CCC(N)C(c1ccc(C)s1)N(C)CC1CCCCC1. The zero-order chi connectivity index (χ0) is 14.5. The van der Waals surface area contributed by atoms with Gasteiger partial charge in [-0.2, -0.15) is 0 Å². The predicted molar refractivity (Wildman–Crippen MR) is 89.3 cm³/mol. The van der Waals surface area contributed by atoms with Crippen LogP contribution in [0.5, 0.6) is 0 Å². The van der Waals surface area contributed by atoms with E-state index in [-0.39, 0.29) is 6.04 Å². The van der Waals surface area contributed by atoms with Crippen molar-refractivity contribution in [3.8, 4) is 0 Å². The van der Waals surface area contributed by atoms with Crippen molar-refractivity contribution >= 4 is 11.3 Å². The molecule has 0 aliphatic heterocycles. The fourth-order valence-electron chi connectivity index (χ4n) is 3.48. The number of rotatable bonds is 6. The molecular formula is C17H30N2S. The lowest BCUT2D eigenvalue weighted by Crippen LogP contribution is -2.40. The molecule has 1 saturated carbocycles. The second kappa shape index (κ2) is 7.58. The third kappa shape index (κ3) is 4.06. The van der Waals surface area contributed by atoms with Gasteiger partial charge in [-0.3, -0.25) is 4.90 Å². The average Bonchev–Trinajstić information content (AvgIpc) is 2.86. The summed E-state index contributed by atoms with van der Waals surface area (Å²) in [6.45, 7) is 5.59. The fraction of sp³-hybridized carbons (Fsp3) is 0.765. The Morgan fingerprint density at radius 1 is 1.30 bits per heavy atom. The van der Waals surface area contributed by atoms with Gasteiger partial charge in [0.2, 0.25) is 0 Å². The van der Waals surface area contributed by atoms with E-state index < -0.39 is 0 Å². The van der Waals surface area contributed by atoms with E-state index in [1.54, 1.807) is 0 Å². The predicted octanol–water partition coefficient (Wildman–Crippen LogP) is 4.35. The monoisotopic (exact) mass is 294 g/mol. The summed E-state index contributed by atoms with van der Waals surface area (Å²) in [5.41, 5.74) is 6.43. The number of nitrogens with two attached hydrogens (primary N) is 1. The van der Waals surface area contributed by atoms with Gasteiger partial charge in [-0.25, -0.2) is 0 Å². The molecule has 2 nitrogen and oxygen atoms in total. The van der Waals surface area contributed by atoms with Crippen LogP contribution in [-0.2, 0) is 0 Å². The van der Waals surface area contributed by atoms with Gasteiger partial charge >= 0.3 is 0 Å². The van der Waals surface area contributed by atoms with E-state index in [1.807, 2.05) is 11.3 Å². The molecule has 0 radical (unpaired) electrons.